The van der Waals surface area contributed by atoms with Crippen molar-refractivity contribution >= 4 is 23.6 Å². The number of aromatic nitrogens is 2. The van der Waals surface area contributed by atoms with Crippen LogP contribution in [0.3, 0.4) is 0 Å². The molecular formula is C28H29N3O4S. The van der Waals surface area contributed by atoms with Crippen molar-refractivity contribution in [2.24, 2.45) is 11.3 Å². The summed E-state index contributed by atoms with van der Waals surface area (Å²) >= 11 is 1.17. The molecule has 0 saturated carbocycles. The predicted octanol–water partition coefficient (Wildman–Crippen LogP) is 4.09. The topological polar surface area (TPSA) is 90.4 Å². The van der Waals surface area contributed by atoms with Crippen LogP contribution in [0.1, 0.15) is 12.5 Å². The van der Waals surface area contributed by atoms with Gasteiger partial charge >= 0.3 is 5.97 Å². The number of nitrogens with one attached hydrogen (secondary N) is 1. The van der Waals surface area contributed by atoms with E-state index in [0.29, 0.717) is 23.7 Å². The number of fused-ring (bicyclic) bond motifs is 1. The van der Waals surface area contributed by atoms with E-state index in [9.17, 15) is 9.59 Å². The summed E-state index contributed by atoms with van der Waals surface area (Å²) < 4.78 is 10.9. The molecule has 0 aliphatic heterocycles. The van der Waals surface area contributed by atoms with Crippen LogP contribution >= 0.6 is 11.8 Å². The molecule has 2 aromatic rings. The summed E-state index contributed by atoms with van der Waals surface area (Å²) in [6.45, 7) is 2.54. The van der Waals surface area contributed by atoms with E-state index in [1.165, 1.54) is 11.8 Å². The van der Waals surface area contributed by atoms with Crippen LogP contribution in [0.2, 0.25) is 0 Å². The molecule has 4 rings (SSSR count). The van der Waals surface area contributed by atoms with E-state index >= 15 is 0 Å². The van der Waals surface area contributed by atoms with Gasteiger partial charge in [-0.3, -0.25) is 9.59 Å². The number of methoxy groups -OCH3 is 1. The Balaban J connectivity index is 1.43. The van der Waals surface area contributed by atoms with Gasteiger partial charge in [0.25, 0.3) is 5.91 Å². The molecule has 0 bridgehead atoms. The summed E-state index contributed by atoms with van der Waals surface area (Å²) in [4.78, 5) is 34.2. The van der Waals surface area contributed by atoms with Gasteiger partial charge in [0.1, 0.15) is 5.75 Å². The molecule has 7 nitrogen and oxygen atoms in total. The minimum atomic E-state index is -1.05. The predicted molar refractivity (Wildman–Crippen MR) is 139 cm³/mol. The third kappa shape index (κ3) is 6.51. The van der Waals surface area contributed by atoms with Gasteiger partial charge in [-0.2, -0.15) is 0 Å². The number of benzene rings is 1. The fraction of sp³-hybridized carbons (Fsp3) is 0.286. The minimum Gasteiger partial charge on any atom is -0.497 e. The molecule has 1 amide bonds. The molecule has 3 atom stereocenters. The van der Waals surface area contributed by atoms with E-state index in [2.05, 4.69) is 40.4 Å². The molecule has 0 radical (unpaired) electrons. The fourth-order valence-electron chi connectivity index (χ4n) is 4.02. The van der Waals surface area contributed by atoms with Crippen molar-refractivity contribution in [3.8, 4) is 5.75 Å². The lowest BCUT2D eigenvalue weighted by atomic mass is 9.70. The van der Waals surface area contributed by atoms with Crippen LogP contribution < -0.4 is 10.1 Å². The van der Waals surface area contributed by atoms with E-state index in [-0.39, 0.29) is 23.0 Å². The second-order valence-electron chi connectivity index (χ2n) is 8.71. The number of carbonyl (C=O) groups is 2. The number of allylic oxidation sites excluding steroid dienone is 6. The van der Waals surface area contributed by atoms with Crippen LogP contribution in [-0.2, 0) is 20.7 Å². The molecule has 1 heterocycles. The zero-order valence-electron chi connectivity index (χ0n) is 20.3. The van der Waals surface area contributed by atoms with Gasteiger partial charge in [0.15, 0.2) is 5.16 Å². The quantitative estimate of drug-likeness (QED) is 0.297. The Morgan fingerprint density at radius 1 is 1.14 bits per heavy atom. The van der Waals surface area contributed by atoms with Crippen LogP contribution in [0.15, 0.2) is 96.0 Å². The molecule has 2 aliphatic rings. The monoisotopic (exact) mass is 503 g/mol. The number of esters is 1. The van der Waals surface area contributed by atoms with Crippen LogP contribution in [0, 0.1) is 11.3 Å². The molecule has 0 saturated heterocycles. The van der Waals surface area contributed by atoms with Gasteiger partial charge in [-0.05, 0) is 35.8 Å². The normalized spacial score (nSPS) is 20.7. The maximum absolute atomic E-state index is 13.2. The molecular weight excluding hydrogens is 474 g/mol. The lowest BCUT2D eigenvalue weighted by Gasteiger charge is -2.35. The Kier molecular flexibility index (Phi) is 8.38. The highest BCUT2D eigenvalue weighted by Gasteiger charge is 2.34. The van der Waals surface area contributed by atoms with E-state index in [1.54, 1.807) is 25.6 Å². The zero-order valence-corrected chi connectivity index (χ0v) is 21.1. The summed E-state index contributed by atoms with van der Waals surface area (Å²) in [6, 6.07) is 9.40. The van der Waals surface area contributed by atoms with E-state index < -0.39 is 12.1 Å². The van der Waals surface area contributed by atoms with Crippen molar-refractivity contribution in [3.05, 3.63) is 96.4 Å². The summed E-state index contributed by atoms with van der Waals surface area (Å²) in [5, 5.41) is 3.41. The van der Waals surface area contributed by atoms with Crippen molar-refractivity contribution in [2.45, 2.75) is 24.6 Å². The lowest BCUT2D eigenvalue weighted by molar-refractivity contribution is -0.151. The second-order valence-corrected chi connectivity index (χ2v) is 9.66. The minimum absolute atomic E-state index is 0.000417. The molecule has 3 unspecified atom stereocenters. The lowest BCUT2D eigenvalue weighted by Crippen LogP contribution is -2.41. The molecule has 186 valence electrons. The summed E-state index contributed by atoms with van der Waals surface area (Å²) in [7, 11) is 1.62. The van der Waals surface area contributed by atoms with Crippen molar-refractivity contribution in [1.82, 2.24) is 15.3 Å². The number of ether oxygens (including phenoxy) is 2. The number of carbonyl (C=O) groups excluding carboxylic acids is 2. The van der Waals surface area contributed by atoms with E-state index in [0.717, 1.165) is 11.3 Å². The first-order chi connectivity index (χ1) is 17.5. The first-order valence-electron chi connectivity index (χ1n) is 11.7. The van der Waals surface area contributed by atoms with Gasteiger partial charge in [-0.25, -0.2) is 9.97 Å². The Labute approximate surface area is 215 Å². The van der Waals surface area contributed by atoms with Crippen LogP contribution in [0.25, 0.3) is 0 Å². The number of hydrogen-bond acceptors (Lipinski definition) is 7. The van der Waals surface area contributed by atoms with Crippen molar-refractivity contribution in [2.75, 3.05) is 19.4 Å². The highest BCUT2D eigenvalue weighted by molar-refractivity contribution is 7.99. The Hall–Kier alpha value is -3.65. The molecule has 2 aliphatic carbocycles. The summed E-state index contributed by atoms with van der Waals surface area (Å²) in [5.41, 5.74) is 1.56. The summed E-state index contributed by atoms with van der Waals surface area (Å²) in [6.07, 6.45) is 17.0. The number of rotatable bonds is 10. The van der Waals surface area contributed by atoms with Gasteiger partial charge in [0.2, 0.25) is 6.10 Å². The Morgan fingerprint density at radius 2 is 1.92 bits per heavy atom. The highest BCUT2D eigenvalue weighted by atomic mass is 32.2. The fourth-order valence-corrected chi connectivity index (χ4v) is 4.60. The number of hydrogen-bond donors (Lipinski definition) is 1. The van der Waals surface area contributed by atoms with Crippen LogP contribution in [0.5, 0.6) is 5.75 Å². The average Bonchev–Trinajstić information content (AvgIpc) is 2.91. The third-order valence-electron chi connectivity index (χ3n) is 6.13. The first-order valence-corrected chi connectivity index (χ1v) is 12.7. The molecule has 1 aromatic heterocycles. The van der Waals surface area contributed by atoms with Crippen LogP contribution in [-0.4, -0.2) is 47.4 Å². The van der Waals surface area contributed by atoms with Crippen molar-refractivity contribution in [1.29, 1.82) is 0 Å². The Bertz CT molecular complexity index is 1190. The average molecular weight is 504 g/mol. The zero-order chi connectivity index (χ0) is 25.4. The van der Waals surface area contributed by atoms with Crippen LogP contribution in [0.4, 0.5) is 0 Å². The van der Waals surface area contributed by atoms with Crippen molar-refractivity contribution < 1.29 is 19.1 Å². The molecule has 0 fully saturated rings. The van der Waals surface area contributed by atoms with Crippen molar-refractivity contribution in [3.63, 3.8) is 0 Å². The maximum atomic E-state index is 13.2. The van der Waals surface area contributed by atoms with Gasteiger partial charge in [-0.15, -0.1) is 0 Å². The number of thioether (sulfide) groups is 1. The Morgan fingerprint density at radius 3 is 2.67 bits per heavy atom. The van der Waals surface area contributed by atoms with E-state index in [1.807, 2.05) is 48.6 Å². The molecule has 8 heteroatoms. The largest absolute Gasteiger partial charge is 0.497 e. The maximum Gasteiger partial charge on any atom is 0.317 e. The molecule has 36 heavy (non-hydrogen) atoms. The standard InChI is InChI=1S/C28H29N3O4S/c1-28-13-4-3-6-22(28)18-21(11-14-28)25(35-24(32)19-36-27-30-15-5-16-31-27)26(33)29-17-12-20-7-9-23(34-2)10-8-20/h3-11,13-16,18,22,25H,12,17,19H2,1-2H3,(H,29,33). The summed E-state index contributed by atoms with van der Waals surface area (Å²) in [5.74, 6) is -0.0105. The number of amides is 1. The smallest absolute Gasteiger partial charge is 0.317 e. The van der Waals surface area contributed by atoms with Gasteiger partial charge in [0.05, 0.1) is 12.9 Å². The third-order valence-corrected chi connectivity index (χ3v) is 6.98. The van der Waals surface area contributed by atoms with E-state index in [4.69, 9.17) is 9.47 Å². The van der Waals surface area contributed by atoms with Gasteiger partial charge in [0, 0.05) is 30.3 Å². The molecule has 1 aromatic carbocycles. The first kappa shape index (κ1) is 25.4. The SMILES string of the molecule is COc1ccc(CCNC(=O)C(OC(=O)CSc2ncccn2)C2=CC3C=CC=CC3(C)C=C2)cc1. The number of nitrogens with zero attached hydrogens (tertiary/aromatic N) is 2. The molecule has 1 N–H and O–H groups in total. The highest BCUT2D eigenvalue weighted by Crippen LogP contribution is 2.40. The second kappa shape index (κ2) is 11.9. The van der Waals surface area contributed by atoms with Gasteiger partial charge < -0.3 is 14.8 Å². The van der Waals surface area contributed by atoms with Gasteiger partial charge in [-0.1, -0.05) is 73.4 Å². The molecule has 0 spiro atoms.